The predicted octanol–water partition coefficient (Wildman–Crippen LogP) is 1.48. The highest BCUT2D eigenvalue weighted by atomic mass is 15.2. The fourth-order valence-electron chi connectivity index (χ4n) is 1.89. The maximum Gasteiger partial charge on any atom is 0.149 e. The summed E-state index contributed by atoms with van der Waals surface area (Å²) in [6.45, 7) is 4.43. The maximum absolute atomic E-state index is 5.69. The molecule has 15 heavy (non-hydrogen) atoms. The van der Waals surface area contributed by atoms with Crippen molar-refractivity contribution < 1.29 is 0 Å². The lowest BCUT2D eigenvalue weighted by atomic mass is 9.99. The number of piperidine rings is 1. The fourth-order valence-corrected chi connectivity index (χ4v) is 1.89. The third-order valence-corrected chi connectivity index (χ3v) is 3.05. The molecule has 1 aliphatic heterocycles. The van der Waals surface area contributed by atoms with Crippen molar-refractivity contribution >= 4 is 17.3 Å². The largest absolute Gasteiger partial charge is 0.396 e. The highest BCUT2D eigenvalue weighted by Crippen LogP contribution is 2.23. The Morgan fingerprint density at radius 3 is 2.53 bits per heavy atom. The topological polar surface area (TPSA) is 68.2 Å². The average Bonchev–Trinajstić information content (AvgIpc) is 2.23. The van der Waals surface area contributed by atoms with E-state index in [2.05, 4.69) is 16.8 Å². The normalized spacial score (nSPS) is 18.1. The summed E-state index contributed by atoms with van der Waals surface area (Å²) in [5.41, 5.74) is 11.9. The van der Waals surface area contributed by atoms with E-state index in [4.69, 9.17) is 11.5 Å². The molecule has 4 N–H and O–H groups in total. The van der Waals surface area contributed by atoms with Crippen molar-refractivity contribution in [2.75, 3.05) is 29.5 Å². The van der Waals surface area contributed by atoms with Crippen molar-refractivity contribution in [2.24, 2.45) is 5.92 Å². The van der Waals surface area contributed by atoms with E-state index in [1.54, 1.807) is 0 Å². The molecule has 0 radical (unpaired) electrons. The molecule has 0 bridgehead atoms. The quantitative estimate of drug-likeness (QED) is 0.730. The van der Waals surface area contributed by atoms with Gasteiger partial charge in [-0.3, -0.25) is 0 Å². The maximum atomic E-state index is 5.69. The molecule has 0 atom stereocenters. The number of hydrogen-bond acceptors (Lipinski definition) is 4. The van der Waals surface area contributed by atoms with Crippen LogP contribution < -0.4 is 16.4 Å². The summed E-state index contributed by atoms with van der Waals surface area (Å²) >= 11 is 0. The van der Waals surface area contributed by atoms with Crippen LogP contribution in [-0.2, 0) is 0 Å². The van der Waals surface area contributed by atoms with E-state index in [1.807, 2.05) is 12.1 Å². The van der Waals surface area contributed by atoms with Crippen molar-refractivity contribution in [3.63, 3.8) is 0 Å². The Bertz CT molecular complexity index is 342. The molecule has 0 aliphatic carbocycles. The molecule has 4 heteroatoms. The van der Waals surface area contributed by atoms with Crippen molar-refractivity contribution in [1.29, 1.82) is 0 Å². The van der Waals surface area contributed by atoms with E-state index in [0.29, 0.717) is 11.5 Å². The summed E-state index contributed by atoms with van der Waals surface area (Å²) in [6, 6.07) is 3.78. The van der Waals surface area contributed by atoms with Gasteiger partial charge >= 0.3 is 0 Å². The minimum absolute atomic E-state index is 0.436. The Morgan fingerprint density at radius 1 is 1.27 bits per heavy atom. The van der Waals surface area contributed by atoms with Crippen LogP contribution in [-0.4, -0.2) is 18.1 Å². The van der Waals surface area contributed by atoms with E-state index in [1.165, 1.54) is 12.8 Å². The highest BCUT2D eigenvalue weighted by molar-refractivity contribution is 5.62. The summed E-state index contributed by atoms with van der Waals surface area (Å²) < 4.78 is 0. The Kier molecular flexibility index (Phi) is 2.66. The number of nitrogen functional groups attached to an aromatic ring is 2. The molecule has 82 valence electrons. The number of pyridine rings is 1. The second-order valence-corrected chi connectivity index (χ2v) is 4.31. The average molecular weight is 206 g/mol. The van der Waals surface area contributed by atoms with Gasteiger partial charge < -0.3 is 16.4 Å². The smallest absolute Gasteiger partial charge is 0.149 e. The van der Waals surface area contributed by atoms with Crippen molar-refractivity contribution in [1.82, 2.24) is 4.98 Å². The molecule has 1 aromatic heterocycles. The van der Waals surface area contributed by atoms with Crippen LogP contribution in [0.2, 0.25) is 0 Å². The Morgan fingerprint density at radius 2 is 1.93 bits per heavy atom. The first-order valence-electron chi connectivity index (χ1n) is 5.44. The minimum Gasteiger partial charge on any atom is -0.396 e. The fraction of sp³-hybridized carbons (Fsp3) is 0.545. The number of anilines is 3. The Hall–Kier alpha value is -1.45. The van der Waals surface area contributed by atoms with Crippen LogP contribution in [0.4, 0.5) is 17.3 Å². The zero-order valence-electron chi connectivity index (χ0n) is 9.11. The molecule has 0 spiro atoms. The zero-order chi connectivity index (χ0) is 10.8. The number of hydrogen-bond donors (Lipinski definition) is 2. The standard InChI is InChI=1S/C11H18N4/c1-8-4-6-15(7-5-8)10-3-2-9(12)11(13)14-10/h2-3,8H,4-7,12H2,1H3,(H2,13,14). The van der Waals surface area contributed by atoms with Crippen LogP contribution in [0.1, 0.15) is 19.8 Å². The third kappa shape index (κ3) is 2.14. The van der Waals surface area contributed by atoms with E-state index < -0.39 is 0 Å². The molecule has 0 unspecified atom stereocenters. The van der Waals surface area contributed by atoms with Gasteiger partial charge in [-0.2, -0.15) is 0 Å². The lowest BCUT2D eigenvalue weighted by Crippen LogP contribution is -2.33. The molecule has 0 aromatic carbocycles. The number of nitrogens with zero attached hydrogens (tertiary/aromatic N) is 2. The van der Waals surface area contributed by atoms with E-state index in [0.717, 1.165) is 24.8 Å². The van der Waals surface area contributed by atoms with Gasteiger partial charge in [-0.25, -0.2) is 4.98 Å². The second kappa shape index (κ2) is 3.96. The zero-order valence-corrected chi connectivity index (χ0v) is 9.11. The van der Waals surface area contributed by atoms with Gasteiger partial charge in [0, 0.05) is 13.1 Å². The third-order valence-electron chi connectivity index (χ3n) is 3.05. The van der Waals surface area contributed by atoms with Gasteiger partial charge in [0.25, 0.3) is 0 Å². The van der Waals surface area contributed by atoms with Crippen molar-refractivity contribution in [3.05, 3.63) is 12.1 Å². The molecule has 1 aliphatic rings. The SMILES string of the molecule is CC1CCN(c2ccc(N)c(N)n2)CC1. The molecule has 1 aromatic rings. The first-order chi connectivity index (χ1) is 7.16. The lowest BCUT2D eigenvalue weighted by molar-refractivity contribution is 0.437. The van der Waals surface area contributed by atoms with Crippen LogP contribution in [0.3, 0.4) is 0 Å². The molecule has 1 fully saturated rings. The number of nitrogens with two attached hydrogens (primary N) is 2. The summed E-state index contributed by atoms with van der Waals surface area (Å²) in [5.74, 6) is 2.21. The van der Waals surface area contributed by atoms with Gasteiger partial charge in [-0.05, 0) is 30.9 Å². The van der Waals surface area contributed by atoms with Crippen molar-refractivity contribution in [3.8, 4) is 0 Å². The highest BCUT2D eigenvalue weighted by Gasteiger charge is 2.17. The van der Waals surface area contributed by atoms with Gasteiger partial charge in [-0.1, -0.05) is 6.92 Å². The number of rotatable bonds is 1. The van der Waals surface area contributed by atoms with Crippen molar-refractivity contribution in [2.45, 2.75) is 19.8 Å². The molecule has 4 nitrogen and oxygen atoms in total. The summed E-state index contributed by atoms with van der Waals surface area (Å²) in [7, 11) is 0. The molecule has 0 saturated carbocycles. The number of aromatic nitrogens is 1. The first kappa shape index (κ1) is 10.1. The molecule has 2 rings (SSSR count). The van der Waals surface area contributed by atoms with Crippen LogP contribution >= 0.6 is 0 Å². The molecular weight excluding hydrogens is 188 g/mol. The molecular formula is C11H18N4. The van der Waals surface area contributed by atoms with E-state index in [9.17, 15) is 0 Å². The lowest BCUT2D eigenvalue weighted by Gasteiger charge is -2.31. The van der Waals surface area contributed by atoms with E-state index in [-0.39, 0.29) is 0 Å². The predicted molar refractivity (Wildman–Crippen MR) is 63.7 cm³/mol. The monoisotopic (exact) mass is 206 g/mol. The summed E-state index contributed by atoms with van der Waals surface area (Å²) in [4.78, 5) is 6.57. The van der Waals surface area contributed by atoms with Gasteiger partial charge in [0.2, 0.25) is 0 Å². The molecule has 0 amide bonds. The second-order valence-electron chi connectivity index (χ2n) is 4.31. The van der Waals surface area contributed by atoms with Crippen LogP contribution in [0.15, 0.2) is 12.1 Å². The Labute approximate surface area is 90.3 Å². The molecule has 2 heterocycles. The van der Waals surface area contributed by atoms with Gasteiger partial charge in [0.15, 0.2) is 0 Å². The van der Waals surface area contributed by atoms with Gasteiger partial charge in [0.05, 0.1) is 5.69 Å². The molecule has 1 saturated heterocycles. The summed E-state index contributed by atoms with van der Waals surface area (Å²) in [6.07, 6.45) is 2.46. The Balaban J connectivity index is 2.12. The minimum atomic E-state index is 0.436. The van der Waals surface area contributed by atoms with Crippen LogP contribution in [0.25, 0.3) is 0 Å². The first-order valence-corrected chi connectivity index (χ1v) is 5.44. The van der Waals surface area contributed by atoms with Gasteiger partial charge in [0.1, 0.15) is 11.6 Å². The van der Waals surface area contributed by atoms with Gasteiger partial charge in [-0.15, -0.1) is 0 Å². The summed E-state index contributed by atoms with van der Waals surface area (Å²) in [5, 5.41) is 0. The van der Waals surface area contributed by atoms with Crippen LogP contribution in [0, 0.1) is 5.92 Å². The van der Waals surface area contributed by atoms with E-state index >= 15 is 0 Å². The van der Waals surface area contributed by atoms with Crippen LogP contribution in [0.5, 0.6) is 0 Å².